The van der Waals surface area contributed by atoms with E-state index in [-0.39, 0.29) is 10.9 Å². The van der Waals surface area contributed by atoms with E-state index in [0.29, 0.717) is 43.9 Å². The van der Waals surface area contributed by atoms with Crippen LogP contribution in [-0.2, 0) is 0 Å². The summed E-state index contributed by atoms with van der Waals surface area (Å²) in [5.74, 6) is 0. The Balaban J connectivity index is 1.15. The van der Waals surface area contributed by atoms with Gasteiger partial charge in [-0.3, -0.25) is 9.59 Å². The molecular weight excluding hydrogens is 592 g/mol. The number of fused-ring (bicyclic) bond motifs is 10. The van der Waals surface area contributed by atoms with Crippen molar-refractivity contribution in [3.8, 4) is 22.3 Å². The lowest BCUT2D eigenvalue weighted by Crippen LogP contribution is -2.02. The van der Waals surface area contributed by atoms with Gasteiger partial charge in [0.1, 0.15) is 22.3 Å². The second-order valence-electron chi connectivity index (χ2n) is 12.3. The minimum atomic E-state index is -0.0256. The molecule has 8 aromatic carbocycles. The van der Waals surface area contributed by atoms with Crippen LogP contribution in [-0.4, -0.2) is 0 Å². The van der Waals surface area contributed by atoms with Crippen LogP contribution >= 0.6 is 0 Å². The first kappa shape index (κ1) is 26.7. The van der Waals surface area contributed by atoms with Gasteiger partial charge in [0.25, 0.3) is 0 Å². The van der Waals surface area contributed by atoms with E-state index in [1.807, 2.05) is 84.9 Å². The Hall–Kier alpha value is -6.52. The highest BCUT2D eigenvalue weighted by Crippen LogP contribution is 2.39. The summed E-state index contributed by atoms with van der Waals surface area (Å²) in [5.41, 5.74) is 6.27. The van der Waals surface area contributed by atoms with Crippen molar-refractivity contribution in [2.45, 2.75) is 0 Å². The van der Waals surface area contributed by atoms with E-state index < -0.39 is 0 Å². The van der Waals surface area contributed by atoms with E-state index in [0.717, 1.165) is 54.6 Å². The van der Waals surface area contributed by atoms with Gasteiger partial charge in [-0.1, -0.05) is 84.9 Å². The molecule has 0 unspecified atom stereocenters. The SMILES string of the molecule is O=c1c2ccccc2oc2ccc(-c3ccc4c5ccc(-c6ccc7oc8ccccc8c(=O)c7c6)cc5c5ccccc5c4c3)cc12. The summed E-state index contributed by atoms with van der Waals surface area (Å²) in [6, 6.07) is 48.0. The van der Waals surface area contributed by atoms with E-state index in [9.17, 15) is 9.59 Å². The largest absolute Gasteiger partial charge is 0.456 e. The molecule has 4 nitrogen and oxygen atoms in total. The number of benzene rings is 8. The molecule has 0 radical (unpaired) electrons. The highest BCUT2D eigenvalue weighted by atomic mass is 16.3. The Bertz CT molecular complexity index is 2880. The second-order valence-corrected chi connectivity index (χ2v) is 12.3. The van der Waals surface area contributed by atoms with Crippen LogP contribution < -0.4 is 10.9 Å². The lowest BCUT2D eigenvalue weighted by molar-refractivity contribution is 0.659. The lowest BCUT2D eigenvalue weighted by Gasteiger charge is -2.14. The van der Waals surface area contributed by atoms with Crippen molar-refractivity contribution in [2.24, 2.45) is 0 Å². The van der Waals surface area contributed by atoms with Crippen LogP contribution in [0.5, 0.6) is 0 Å². The van der Waals surface area contributed by atoms with Crippen LogP contribution in [0.3, 0.4) is 0 Å². The van der Waals surface area contributed by atoms with Gasteiger partial charge in [0.05, 0.1) is 21.5 Å². The molecule has 0 saturated heterocycles. The van der Waals surface area contributed by atoms with Gasteiger partial charge in [0.15, 0.2) is 0 Å². The molecule has 48 heavy (non-hydrogen) atoms. The van der Waals surface area contributed by atoms with Gasteiger partial charge in [-0.25, -0.2) is 0 Å². The maximum absolute atomic E-state index is 13.4. The number of hydrogen-bond donors (Lipinski definition) is 0. The molecule has 0 atom stereocenters. The minimum Gasteiger partial charge on any atom is -0.456 e. The average Bonchev–Trinajstić information content (AvgIpc) is 3.14. The third-order valence-corrected chi connectivity index (χ3v) is 9.65. The third kappa shape index (κ3) is 3.90. The summed E-state index contributed by atoms with van der Waals surface area (Å²) < 4.78 is 12.1. The van der Waals surface area contributed by atoms with E-state index >= 15 is 0 Å². The van der Waals surface area contributed by atoms with E-state index in [4.69, 9.17) is 8.83 Å². The molecule has 224 valence electrons. The fraction of sp³-hybridized carbons (Fsp3) is 0. The van der Waals surface area contributed by atoms with Crippen molar-refractivity contribution >= 4 is 76.2 Å². The molecule has 0 saturated carbocycles. The molecule has 0 N–H and O–H groups in total. The standard InChI is InChI=1S/C44H24O4/c45-43-33-9-3-5-11-39(33)47-41-19-15-27(23-37(41)43)25-13-17-31-32-18-14-26(22-36(32)30-8-2-1-7-29(30)35(31)21-25)28-16-20-42-38(24-28)44(46)34-10-4-6-12-40(34)48-42/h1-24H. The zero-order chi connectivity index (χ0) is 31.9. The normalized spacial score (nSPS) is 11.9. The van der Waals surface area contributed by atoms with E-state index in [1.165, 1.54) is 0 Å². The van der Waals surface area contributed by atoms with Crippen LogP contribution in [0.2, 0.25) is 0 Å². The van der Waals surface area contributed by atoms with Crippen LogP contribution in [0.15, 0.2) is 164 Å². The molecule has 0 amide bonds. The molecule has 0 aliphatic rings. The molecule has 10 rings (SSSR count). The average molecular weight is 617 g/mol. The lowest BCUT2D eigenvalue weighted by atomic mass is 9.90. The van der Waals surface area contributed by atoms with Gasteiger partial charge in [0, 0.05) is 0 Å². The first-order chi connectivity index (χ1) is 23.6. The molecule has 10 aromatic rings. The first-order valence-corrected chi connectivity index (χ1v) is 15.9. The maximum Gasteiger partial charge on any atom is 0.200 e. The number of hydrogen-bond acceptors (Lipinski definition) is 4. The molecule has 2 heterocycles. The molecule has 4 heteroatoms. The zero-order valence-corrected chi connectivity index (χ0v) is 25.5. The summed E-state index contributed by atoms with van der Waals surface area (Å²) in [5, 5.41) is 9.19. The number of para-hydroxylation sites is 2. The van der Waals surface area contributed by atoms with Crippen molar-refractivity contribution in [1.29, 1.82) is 0 Å². The zero-order valence-electron chi connectivity index (χ0n) is 25.5. The Morgan fingerprint density at radius 1 is 0.271 bits per heavy atom. The van der Waals surface area contributed by atoms with Gasteiger partial charge in [-0.15, -0.1) is 0 Å². The molecule has 0 bridgehead atoms. The van der Waals surface area contributed by atoms with Crippen molar-refractivity contribution in [3.63, 3.8) is 0 Å². The summed E-state index contributed by atoms with van der Waals surface area (Å²) in [6.45, 7) is 0. The van der Waals surface area contributed by atoms with Crippen LogP contribution in [0.1, 0.15) is 0 Å². The van der Waals surface area contributed by atoms with Crippen LogP contribution in [0.4, 0.5) is 0 Å². The molecule has 0 aliphatic heterocycles. The van der Waals surface area contributed by atoms with E-state index in [1.54, 1.807) is 0 Å². The highest BCUT2D eigenvalue weighted by molar-refractivity contribution is 6.26. The van der Waals surface area contributed by atoms with Crippen molar-refractivity contribution < 1.29 is 8.83 Å². The van der Waals surface area contributed by atoms with Gasteiger partial charge >= 0.3 is 0 Å². The molecule has 2 aromatic heterocycles. The summed E-state index contributed by atoms with van der Waals surface area (Å²) in [6.07, 6.45) is 0. The summed E-state index contributed by atoms with van der Waals surface area (Å²) >= 11 is 0. The van der Waals surface area contributed by atoms with Crippen molar-refractivity contribution in [2.75, 3.05) is 0 Å². The second kappa shape index (κ2) is 9.99. The molecule has 0 spiro atoms. The van der Waals surface area contributed by atoms with Crippen LogP contribution in [0.25, 0.3) is 98.4 Å². The summed E-state index contributed by atoms with van der Waals surface area (Å²) in [7, 11) is 0. The van der Waals surface area contributed by atoms with Crippen LogP contribution in [0, 0.1) is 0 Å². The minimum absolute atomic E-state index is 0.0256. The van der Waals surface area contributed by atoms with Gasteiger partial charge in [-0.2, -0.15) is 0 Å². The Morgan fingerprint density at radius 3 is 1.02 bits per heavy atom. The summed E-state index contributed by atoms with van der Waals surface area (Å²) in [4.78, 5) is 26.8. The quantitative estimate of drug-likeness (QED) is 0.143. The smallest absolute Gasteiger partial charge is 0.200 e. The molecule has 0 aliphatic carbocycles. The fourth-order valence-electron chi connectivity index (χ4n) is 7.28. The molecule has 0 fully saturated rings. The predicted octanol–water partition coefficient (Wildman–Crippen LogP) is 11.0. The Labute approximate surface area is 272 Å². The topological polar surface area (TPSA) is 60.4 Å². The maximum atomic E-state index is 13.4. The Morgan fingerprint density at radius 2 is 0.583 bits per heavy atom. The van der Waals surface area contributed by atoms with Crippen molar-refractivity contribution in [3.05, 3.63) is 166 Å². The van der Waals surface area contributed by atoms with E-state index in [2.05, 4.69) is 60.7 Å². The highest BCUT2D eigenvalue weighted by Gasteiger charge is 2.14. The van der Waals surface area contributed by atoms with Crippen molar-refractivity contribution in [1.82, 2.24) is 0 Å². The third-order valence-electron chi connectivity index (χ3n) is 9.65. The van der Waals surface area contributed by atoms with Gasteiger partial charge in [0.2, 0.25) is 10.9 Å². The molecular formula is C44H24O4. The Kier molecular flexibility index (Phi) is 5.55. The first-order valence-electron chi connectivity index (χ1n) is 15.9. The van der Waals surface area contributed by atoms with Gasteiger partial charge in [-0.05, 0) is 115 Å². The van der Waals surface area contributed by atoms with Gasteiger partial charge < -0.3 is 8.83 Å². The fourth-order valence-corrected chi connectivity index (χ4v) is 7.28. The number of rotatable bonds is 2. The predicted molar refractivity (Wildman–Crippen MR) is 197 cm³/mol. The monoisotopic (exact) mass is 616 g/mol.